The largest absolute Gasteiger partial charge is 0.0911 e. The van der Waals surface area contributed by atoms with Crippen molar-refractivity contribution in [1.29, 1.82) is 0 Å². The minimum Gasteiger partial charge on any atom is -0.0911 e. The Bertz CT molecular complexity index is 308. The third-order valence-corrected chi connectivity index (χ3v) is 2.10. The molecular weight excluding hydrogens is 156 g/mol. The second kappa shape index (κ2) is 4.66. The zero-order chi connectivity index (χ0) is 9.68. The molecule has 0 N–H and O–H groups in total. The number of hydrogen-bond donors (Lipinski definition) is 0. The van der Waals surface area contributed by atoms with Crippen molar-refractivity contribution in [2.24, 2.45) is 0 Å². The fraction of sp³-hybridized carbons (Fsp3) is 0.231. The maximum absolute atomic E-state index is 3.63. The SMILES string of the molecule is C=[C]c1cccc(C(C)/C=C/C)c1. The lowest BCUT2D eigenvalue weighted by Crippen LogP contribution is -1.89. The van der Waals surface area contributed by atoms with Crippen LogP contribution >= 0.6 is 0 Å². The molecule has 0 aliphatic rings. The van der Waals surface area contributed by atoms with E-state index in [2.05, 4.69) is 43.9 Å². The van der Waals surface area contributed by atoms with Crippen molar-refractivity contribution in [2.75, 3.05) is 0 Å². The van der Waals surface area contributed by atoms with Gasteiger partial charge in [-0.2, -0.15) is 0 Å². The average molecular weight is 171 g/mol. The average Bonchev–Trinajstić information content (AvgIpc) is 2.18. The maximum atomic E-state index is 3.63. The van der Waals surface area contributed by atoms with E-state index in [1.54, 1.807) is 0 Å². The summed E-state index contributed by atoms with van der Waals surface area (Å²) in [6, 6.07) is 8.31. The zero-order valence-electron chi connectivity index (χ0n) is 8.25. The molecule has 67 valence electrons. The van der Waals surface area contributed by atoms with Crippen LogP contribution in [0.3, 0.4) is 0 Å². The highest BCUT2D eigenvalue weighted by Gasteiger charge is 2.00. The summed E-state index contributed by atoms with van der Waals surface area (Å²) in [6.07, 6.45) is 7.15. The Kier molecular flexibility index (Phi) is 3.51. The third-order valence-electron chi connectivity index (χ3n) is 2.10. The number of hydrogen-bond acceptors (Lipinski definition) is 0. The summed E-state index contributed by atoms with van der Waals surface area (Å²) in [5.41, 5.74) is 2.38. The first-order valence-electron chi connectivity index (χ1n) is 4.53. The van der Waals surface area contributed by atoms with Crippen molar-refractivity contribution in [1.82, 2.24) is 0 Å². The van der Waals surface area contributed by atoms with Crippen LogP contribution < -0.4 is 0 Å². The highest BCUT2D eigenvalue weighted by atomic mass is 14.0. The number of benzene rings is 1. The molecule has 0 spiro atoms. The lowest BCUT2D eigenvalue weighted by atomic mass is 9.99. The summed E-state index contributed by atoms with van der Waals surface area (Å²) in [4.78, 5) is 0. The second-order valence-corrected chi connectivity index (χ2v) is 3.12. The predicted molar refractivity (Wildman–Crippen MR) is 57.6 cm³/mol. The Hall–Kier alpha value is -1.30. The summed E-state index contributed by atoms with van der Waals surface area (Å²) < 4.78 is 0. The van der Waals surface area contributed by atoms with Crippen LogP contribution in [0.4, 0.5) is 0 Å². The molecule has 0 amide bonds. The van der Waals surface area contributed by atoms with Gasteiger partial charge in [0.25, 0.3) is 0 Å². The van der Waals surface area contributed by atoms with E-state index in [-0.39, 0.29) is 0 Å². The summed E-state index contributed by atoms with van der Waals surface area (Å²) >= 11 is 0. The Labute approximate surface area is 80.6 Å². The zero-order valence-corrected chi connectivity index (χ0v) is 8.25. The van der Waals surface area contributed by atoms with E-state index in [0.717, 1.165) is 5.56 Å². The van der Waals surface area contributed by atoms with Crippen molar-refractivity contribution in [3.8, 4) is 0 Å². The Balaban J connectivity index is 2.94. The maximum Gasteiger partial charge on any atom is -0.00103 e. The molecular formula is C13H15. The highest BCUT2D eigenvalue weighted by molar-refractivity contribution is 5.31. The van der Waals surface area contributed by atoms with Crippen LogP contribution in [-0.2, 0) is 0 Å². The molecule has 1 unspecified atom stereocenters. The molecule has 0 heterocycles. The van der Waals surface area contributed by atoms with Crippen LogP contribution in [0.2, 0.25) is 0 Å². The van der Waals surface area contributed by atoms with Crippen LogP contribution in [0.15, 0.2) is 43.0 Å². The number of rotatable bonds is 3. The molecule has 1 radical (unpaired) electrons. The van der Waals surface area contributed by atoms with Crippen LogP contribution in [0.25, 0.3) is 0 Å². The topological polar surface area (TPSA) is 0 Å². The first-order valence-corrected chi connectivity index (χ1v) is 4.53. The van der Waals surface area contributed by atoms with Gasteiger partial charge in [-0.1, -0.05) is 49.9 Å². The lowest BCUT2D eigenvalue weighted by Gasteiger charge is -2.06. The second-order valence-electron chi connectivity index (χ2n) is 3.12. The van der Waals surface area contributed by atoms with E-state index in [4.69, 9.17) is 0 Å². The van der Waals surface area contributed by atoms with Crippen LogP contribution in [-0.4, -0.2) is 0 Å². The van der Waals surface area contributed by atoms with Gasteiger partial charge in [0.1, 0.15) is 0 Å². The molecule has 0 aromatic heterocycles. The fourth-order valence-corrected chi connectivity index (χ4v) is 1.33. The quantitative estimate of drug-likeness (QED) is 0.608. The van der Waals surface area contributed by atoms with Crippen LogP contribution in [0.1, 0.15) is 30.9 Å². The Morgan fingerprint density at radius 1 is 1.46 bits per heavy atom. The van der Waals surface area contributed by atoms with Gasteiger partial charge in [0.05, 0.1) is 0 Å². The highest BCUT2D eigenvalue weighted by Crippen LogP contribution is 2.17. The van der Waals surface area contributed by atoms with Gasteiger partial charge in [0.15, 0.2) is 0 Å². The molecule has 0 aliphatic carbocycles. The van der Waals surface area contributed by atoms with Crippen molar-refractivity contribution in [2.45, 2.75) is 19.8 Å². The van der Waals surface area contributed by atoms with Gasteiger partial charge in [-0.15, -0.1) is 0 Å². The van der Waals surface area contributed by atoms with Crippen LogP contribution in [0.5, 0.6) is 0 Å². The summed E-state index contributed by atoms with van der Waals surface area (Å²) in [6.45, 7) is 7.86. The van der Waals surface area contributed by atoms with Gasteiger partial charge < -0.3 is 0 Å². The molecule has 0 saturated carbocycles. The van der Waals surface area contributed by atoms with Crippen molar-refractivity contribution >= 4 is 0 Å². The molecule has 0 heteroatoms. The number of allylic oxidation sites excluding steroid dienone is 2. The lowest BCUT2D eigenvalue weighted by molar-refractivity contribution is 0.963. The van der Waals surface area contributed by atoms with Gasteiger partial charge in [0.2, 0.25) is 0 Å². The molecule has 0 aliphatic heterocycles. The minimum atomic E-state index is 0.471. The molecule has 1 rings (SSSR count). The van der Waals surface area contributed by atoms with Crippen LogP contribution in [0, 0.1) is 6.08 Å². The first-order chi connectivity index (χ1) is 6.27. The summed E-state index contributed by atoms with van der Waals surface area (Å²) in [5.74, 6) is 0.471. The summed E-state index contributed by atoms with van der Waals surface area (Å²) in [7, 11) is 0. The molecule has 13 heavy (non-hydrogen) atoms. The van der Waals surface area contributed by atoms with Gasteiger partial charge in [-0.25, -0.2) is 0 Å². The standard InChI is InChI=1S/C13H15/c1-4-7-11(3)13-9-6-8-12(5-2)10-13/h4,6-11H,2H2,1,3H3/b7-4+. The molecule has 1 aromatic carbocycles. The molecule has 1 atom stereocenters. The minimum absolute atomic E-state index is 0.471. The van der Waals surface area contributed by atoms with E-state index >= 15 is 0 Å². The molecule has 0 nitrogen and oxygen atoms in total. The third kappa shape index (κ3) is 2.59. The van der Waals surface area contributed by atoms with E-state index in [1.807, 2.05) is 19.1 Å². The Morgan fingerprint density at radius 2 is 2.23 bits per heavy atom. The summed E-state index contributed by atoms with van der Waals surface area (Å²) in [5, 5.41) is 0. The van der Waals surface area contributed by atoms with E-state index < -0.39 is 0 Å². The fourth-order valence-electron chi connectivity index (χ4n) is 1.33. The Morgan fingerprint density at radius 3 is 2.85 bits per heavy atom. The monoisotopic (exact) mass is 171 g/mol. The molecule has 0 saturated heterocycles. The van der Waals surface area contributed by atoms with Gasteiger partial charge in [0, 0.05) is 0 Å². The van der Waals surface area contributed by atoms with Gasteiger partial charge >= 0.3 is 0 Å². The van der Waals surface area contributed by atoms with E-state index in [9.17, 15) is 0 Å². The molecule has 0 bridgehead atoms. The van der Waals surface area contributed by atoms with Crippen molar-refractivity contribution in [3.63, 3.8) is 0 Å². The smallest absolute Gasteiger partial charge is 0.00103 e. The normalized spacial score (nSPS) is 13.1. The van der Waals surface area contributed by atoms with E-state index in [0.29, 0.717) is 5.92 Å². The van der Waals surface area contributed by atoms with Gasteiger partial charge in [-0.05, 0) is 30.0 Å². The van der Waals surface area contributed by atoms with Crippen molar-refractivity contribution < 1.29 is 0 Å². The first kappa shape index (κ1) is 9.79. The molecule has 1 aromatic rings. The molecule has 0 fully saturated rings. The van der Waals surface area contributed by atoms with Crippen molar-refractivity contribution in [3.05, 3.63) is 60.2 Å². The van der Waals surface area contributed by atoms with E-state index in [1.165, 1.54) is 5.56 Å². The van der Waals surface area contributed by atoms with Gasteiger partial charge in [-0.3, -0.25) is 0 Å². The predicted octanol–water partition coefficient (Wildman–Crippen LogP) is 3.70.